The van der Waals surface area contributed by atoms with Gasteiger partial charge in [0.1, 0.15) is 0 Å². The fourth-order valence-corrected chi connectivity index (χ4v) is 2.30. The molecule has 0 aliphatic rings. The monoisotopic (exact) mass is 250 g/mol. The lowest BCUT2D eigenvalue weighted by Crippen LogP contribution is -1.92. The molecule has 0 aliphatic carbocycles. The summed E-state index contributed by atoms with van der Waals surface area (Å²) in [4.78, 5) is 0. The van der Waals surface area contributed by atoms with Crippen LogP contribution in [-0.2, 0) is 11.8 Å². The first-order valence-electron chi connectivity index (χ1n) is 5.15. The van der Waals surface area contributed by atoms with Gasteiger partial charge >= 0.3 is 0 Å². The number of hydrogen-bond acceptors (Lipinski definition) is 0. The first-order valence-corrected chi connectivity index (χ1v) is 6.22. The summed E-state index contributed by atoms with van der Waals surface area (Å²) >= 11 is 11.9. The lowest BCUT2D eigenvalue weighted by atomic mass is 9.96. The molecule has 0 nitrogen and oxygen atoms in total. The van der Waals surface area contributed by atoms with Gasteiger partial charge in [0.25, 0.3) is 0 Å². The van der Waals surface area contributed by atoms with E-state index >= 15 is 0 Å². The molecule has 0 radical (unpaired) electrons. The summed E-state index contributed by atoms with van der Waals surface area (Å²) in [7, 11) is 0. The molecule has 0 fully saturated rings. The van der Waals surface area contributed by atoms with Crippen molar-refractivity contribution in [1.82, 2.24) is 0 Å². The van der Waals surface area contributed by atoms with Crippen LogP contribution in [0.15, 0.2) is 48.5 Å². The maximum atomic E-state index is 5.97. The first kappa shape index (κ1) is 11.5. The maximum Gasteiger partial charge on any atom is 0.0480 e. The quantitative estimate of drug-likeness (QED) is 0.685. The average molecular weight is 251 g/mol. The zero-order valence-corrected chi connectivity index (χ0v) is 10.3. The van der Waals surface area contributed by atoms with Crippen molar-refractivity contribution in [2.24, 2.45) is 0 Å². The Hall–Kier alpha value is -0.980. The summed E-state index contributed by atoms with van der Waals surface area (Å²) in [5.74, 6) is 1.02. The number of hydrogen-bond donors (Lipinski definition) is 0. The van der Waals surface area contributed by atoms with Crippen molar-refractivity contribution in [3.05, 3.63) is 59.7 Å². The molecule has 0 aromatic heterocycles. The summed E-state index contributed by atoms with van der Waals surface area (Å²) in [5, 5.41) is 0. The Morgan fingerprint density at radius 1 is 0.688 bits per heavy atom. The number of alkyl halides is 2. The van der Waals surface area contributed by atoms with E-state index in [1.807, 2.05) is 36.4 Å². The molecule has 2 aromatic rings. The van der Waals surface area contributed by atoms with Crippen molar-refractivity contribution in [2.75, 3.05) is 0 Å². The van der Waals surface area contributed by atoms with Gasteiger partial charge in [0, 0.05) is 11.8 Å². The van der Waals surface area contributed by atoms with Crippen LogP contribution in [-0.4, -0.2) is 0 Å². The first-order chi connectivity index (χ1) is 7.86. The predicted molar refractivity (Wildman–Crippen MR) is 71.0 cm³/mol. The van der Waals surface area contributed by atoms with Crippen molar-refractivity contribution in [1.29, 1.82) is 0 Å². The van der Waals surface area contributed by atoms with Crippen LogP contribution in [0.3, 0.4) is 0 Å². The molecule has 0 heterocycles. The predicted octanol–water partition coefficient (Wildman–Crippen LogP) is 4.83. The molecule has 0 aliphatic heterocycles. The summed E-state index contributed by atoms with van der Waals surface area (Å²) in [6.45, 7) is 0. The Morgan fingerprint density at radius 3 is 1.75 bits per heavy atom. The molecule has 0 saturated carbocycles. The second-order valence-electron chi connectivity index (χ2n) is 3.58. The minimum absolute atomic E-state index is 0.509. The van der Waals surface area contributed by atoms with Crippen LogP contribution in [0.5, 0.6) is 0 Å². The van der Waals surface area contributed by atoms with Gasteiger partial charge in [0.15, 0.2) is 0 Å². The van der Waals surface area contributed by atoms with E-state index in [1.165, 1.54) is 11.1 Å². The van der Waals surface area contributed by atoms with Crippen molar-refractivity contribution < 1.29 is 0 Å². The van der Waals surface area contributed by atoms with Gasteiger partial charge in [0.05, 0.1) is 0 Å². The van der Waals surface area contributed by atoms with Gasteiger partial charge in [0.2, 0.25) is 0 Å². The van der Waals surface area contributed by atoms with Crippen LogP contribution in [0.4, 0.5) is 0 Å². The molecule has 0 saturated heterocycles. The Morgan fingerprint density at radius 2 is 1.25 bits per heavy atom. The van der Waals surface area contributed by atoms with E-state index in [0.29, 0.717) is 11.8 Å². The molecule has 0 bridgehead atoms. The van der Waals surface area contributed by atoms with Crippen LogP contribution in [0.2, 0.25) is 0 Å². The fraction of sp³-hybridized carbons (Fsp3) is 0.143. The Balaban J connectivity index is 2.62. The minimum Gasteiger partial charge on any atom is -0.122 e. The maximum absolute atomic E-state index is 5.97. The zero-order chi connectivity index (χ0) is 11.4. The van der Waals surface area contributed by atoms with Gasteiger partial charge in [-0.15, -0.1) is 23.2 Å². The van der Waals surface area contributed by atoms with Gasteiger partial charge in [-0.05, 0) is 22.3 Å². The highest BCUT2D eigenvalue weighted by Crippen LogP contribution is 2.29. The largest absolute Gasteiger partial charge is 0.122 e. The summed E-state index contributed by atoms with van der Waals surface area (Å²) in [6, 6.07) is 16.3. The van der Waals surface area contributed by atoms with Crippen LogP contribution in [0.25, 0.3) is 11.1 Å². The molecule has 0 amide bonds. The van der Waals surface area contributed by atoms with E-state index in [0.717, 1.165) is 11.1 Å². The molecule has 16 heavy (non-hydrogen) atoms. The van der Waals surface area contributed by atoms with E-state index in [2.05, 4.69) is 12.1 Å². The van der Waals surface area contributed by atoms with Gasteiger partial charge in [-0.1, -0.05) is 48.5 Å². The molecular weight excluding hydrogens is 239 g/mol. The highest BCUT2D eigenvalue weighted by molar-refractivity contribution is 6.18. The molecule has 0 N–H and O–H groups in total. The van der Waals surface area contributed by atoms with Crippen molar-refractivity contribution >= 4 is 23.2 Å². The Bertz CT molecular complexity index is 441. The fourth-order valence-electron chi connectivity index (χ4n) is 1.85. The molecule has 0 spiro atoms. The number of benzene rings is 2. The highest BCUT2D eigenvalue weighted by Gasteiger charge is 2.08. The van der Waals surface area contributed by atoms with Crippen LogP contribution in [0, 0.1) is 0 Å². The average Bonchev–Trinajstić information content (AvgIpc) is 2.38. The van der Waals surface area contributed by atoms with Crippen molar-refractivity contribution in [3.8, 4) is 11.1 Å². The Kier molecular flexibility index (Phi) is 3.87. The zero-order valence-electron chi connectivity index (χ0n) is 8.79. The molecule has 2 aromatic carbocycles. The second-order valence-corrected chi connectivity index (χ2v) is 4.12. The van der Waals surface area contributed by atoms with Crippen molar-refractivity contribution in [2.45, 2.75) is 11.8 Å². The van der Waals surface area contributed by atoms with E-state index in [4.69, 9.17) is 23.2 Å². The van der Waals surface area contributed by atoms with Gasteiger partial charge in [-0.3, -0.25) is 0 Å². The van der Waals surface area contributed by atoms with Crippen LogP contribution >= 0.6 is 23.2 Å². The van der Waals surface area contributed by atoms with Crippen LogP contribution < -0.4 is 0 Å². The molecule has 2 rings (SSSR count). The van der Waals surface area contributed by atoms with Gasteiger partial charge in [-0.2, -0.15) is 0 Å². The molecular formula is C14H12Cl2. The van der Waals surface area contributed by atoms with Crippen molar-refractivity contribution in [3.63, 3.8) is 0 Å². The smallest absolute Gasteiger partial charge is 0.0480 e. The Labute approximate surface area is 106 Å². The molecule has 0 atom stereocenters. The van der Waals surface area contributed by atoms with E-state index in [1.54, 1.807) is 0 Å². The van der Waals surface area contributed by atoms with Gasteiger partial charge in [-0.25, -0.2) is 0 Å². The van der Waals surface area contributed by atoms with E-state index in [9.17, 15) is 0 Å². The van der Waals surface area contributed by atoms with Gasteiger partial charge < -0.3 is 0 Å². The third kappa shape index (κ3) is 2.23. The van der Waals surface area contributed by atoms with E-state index in [-0.39, 0.29) is 0 Å². The minimum atomic E-state index is 0.509. The second kappa shape index (κ2) is 5.38. The summed E-state index contributed by atoms with van der Waals surface area (Å²) in [5.41, 5.74) is 4.61. The normalized spacial score (nSPS) is 10.4. The molecule has 0 unspecified atom stereocenters. The molecule has 2 heteroatoms. The van der Waals surface area contributed by atoms with Crippen LogP contribution in [0.1, 0.15) is 11.1 Å². The third-order valence-corrected chi connectivity index (χ3v) is 3.16. The number of rotatable bonds is 3. The number of halogens is 2. The topological polar surface area (TPSA) is 0 Å². The standard InChI is InChI=1S/C14H12Cl2/c15-9-12-7-4-8-13(10-16)14(12)11-5-2-1-3-6-11/h1-8H,9-10H2. The van der Waals surface area contributed by atoms with E-state index < -0.39 is 0 Å². The lowest BCUT2D eigenvalue weighted by molar-refractivity contribution is 1.32. The molecule has 82 valence electrons. The highest BCUT2D eigenvalue weighted by atomic mass is 35.5. The summed E-state index contributed by atoms with van der Waals surface area (Å²) < 4.78 is 0. The summed E-state index contributed by atoms with van der Waals surface area (Å²) in [6.07, 6.45) is 0. The SMILES string of the molecule is ClCc1cccc(CCl)c1-c1ccccc1. The lowest BCUT2D eigenvalue weighted by Gasteiger charge is -2.11. The third-order valence-electron chi connectivity index (χ3n) is 2.59.